The number of halogens is 1. The lowest BCUT2D eigenvalue weighted by atomic mass is 9.87. The van der Waals surface area contributed by atoms with Crippen molar-refractivity contribution in [3.8, 4) is 22.8 Å². The van der Waals surface area contributed by atoms with Crippen LogP contribution in [0.3, 0.4) is 0 Å². The van der Waals surface area contributed by atoms with E-state index in [9.17, 15) is 4.79 Å². The van der Waals surface area contributed by atoms with Gasteiger partial charge in [0.25, 0.3) is 5.91 Å². The number of rotatable bonds is 8. The van der Waals surface area contributed by atoms with Gasteiger partial charge in [-0.1, -0.05) is 84.9 Å². The zero-order valence-electron chi connectivity index (χ0n) is 22.0. The normalized spacial score (nSPS) is 11.9. The van der Waals surface area contributed by atoms with E-state index in [-0.39, 0.29) is 17.1 Å². The zero-order chi connectivity index (χ0) is 27.3. The van der Waals surface area contributed by atoms with Crippen LogP contribution in [-0.2, 0) is 10.2 Å². The summed E-state index contributed by atoms with van der Waals surface area (Å²) in [5.74, 6) is 1.35. The fourth-order valence-corrected chi connectivity index (χ4v) is 4.86. The number of hydrogen-bond acceptors (Lipinski definition) is 6. The number of aromatic nitrogens is 3. The van der Waals surface area contributed by atoms with Gasteiger partial charge in [0, 0.05) is 15.7 Å². The van der Waals surface area contributed by atoms with Crippen LogP contribution in [0.25, 0.3) is 17.1 Å². The SMILES string of the molecule is COc1ccc(-n2c(SCC(=O)NN=C(C)c3cccc(Br)c3)nnc2-c2ccc(C(C)(C)C)cc2)cc1. The third-order valence-electron chi connectivity index (χ3n) is 5.90. The zero-order valence-corrected chi connectivity index (χ0v) is 24.4. The van der Waals surface area contributed by atoms with Gasteiger partial charge in [0.05, 0.1) is 18.6 Å². The Morgan fingerprint density at radius 1 is 1.05 bits per heavy atom. The van der Waals surface area contributed by atoms with Gasteiger partial charge in [-0.05, 0) is 59.9 Å². The maximum Gasteiger partial charge on any atom is 0.250 e. The standard InChI is InChI=1S/C29H30BrN5O2S/c1-19(21-7-6-8-23(30)17-21)31-32-26(36)18-38-28-34-33-27(20-9-11-22(12-10-20)29(2,3)4)35(28)24-13-15-25(37-5)16-14-24/h6-17H,18H2,1-5H3,(H,32,36). The van der Waals surface area contributed by atoms with Crippen LogP contribution in [0, 0.1) is 0 Å². The Labute approximate surface area is 235 Å². The van der Waals surface area contributed by atoms with Crippen molar-refractivity contribution >= 4 is 39.3 Å². The van der Waals surface area contributed by atoms with Crippen LogP contribution >= 0.6 is 27.7 Å². The molecule has 4 rings (SSSR count). The maximum atomic E-state index is 12.6. The summed E-state index contributed by atoms with van der Waals surface area (Å²) < 4.78 is 8.24. The van der Waals surface area contributed by atoms with Gasteiger partial charge in [-0.15, -0.1) is 10.2 Å². The smallest absolute Gasteiger partial charge is 0.250 e. The highest BCUT2D eigenvalue weighted by molar-refractivity contribution is 9.10. The van der Waals surface area contributed by atoms with E-state index < -0.39 is 0 Å². The summed E-state index contributed by atoms with van der Waals surface area (Å²) in [7, 11) is 1.64. The summed E-state index contributed by atoms with van der Waals surface area (Å²) in [5.41, 5.74) is 7.38. The van der Waals surface area contributed by atoms with Gasteiger partial charge in [0.2, 0.25) is 0 Å². The second-order valence-electron chi connectivity index (χ2n) is 9.70. The fourth-order valence-electron chi connectivity index (χ4n) is 3.72. The molecule has 9 heteroatoms. The van der Waals surface area contributed by atoms with Gasteiger partial charge in [-0.3, -0.25) is 9.36 Å². The third kappa shape index (κ3) is 6.71. The van der Waals surface area contributed by atoms with E-state index in [2.05, 4.69) is 81.7 Å². The largest absolute Gasteiger partial charge is 0.497 e. The van der Waals surface area contributed by atoms with Crippen LogP contribution < -0.4 is 10.2 Å². The summed E-state index contributed by atoms with van der Waals surface area (Å²) >= 11 is 4.76. The quantitative estimate of drug-likeness (QED) is 0.141. The summed E-state index contributed by atoms with van der Waals surface area (Å²) in [5, 5.41) is 13.8. The van der Waals surface area contributed by atoms with E-state index in [1.54, 1.807) is 7.11 Å². The van der Waals surface area contributed by atoms with Gasteiger partial charge in [-0.25, -0.2) is 5.43 Å². The Morgan fingerprint density at radius 3 is 2.39 bits per heavy atom. The van der Waals surface area contributed by atoms with Gasteiger partial charge >= 0.3 is 0 Å². The van der Waals surface area contributed by atoms with Crippen LogP contribution in [0.4, 0.5) is 0 Å². The van der Waals surface area contributed by atoms with Crippen molar-refractivity contribution < 1.29 is 9.53 Å². The van der Waals surface area contributed by atoms with Gasteiger partial charge in [0.1, 0.15) is 5.75 Å². The highest BCUT2D eigenvalue weighted by Gasteiger charge is 2.19. The lowest BCUT2D eigenvalue weighted by Crippen LogP contribution is -2.21. The molecule has 196 valence electrons. The number of nitrogens with zero attached hydrogens (tertiary/aromatic N) is 4. The summed E-state index contributed by atoms with van der Waals surface area (Å²) in [6.07, 6.45) is 0. The van der Waals surface area contributed by atoms with E-state index in [0.29, 0.717) is 16.7 Å². The van der Waals surface area contributed by atoms with Crippen LogP contribution in [0.1, 0.15) is 38.8 Å². The maximum absolute atomic E-state index is 12.6. The predicted octanol–water partition coefficient (Wildman–Crippen LogP) is 6.64. The number of carbonyl (C=O) groups is 1. The molecule has 0 aliphatic heterocycles. The van der Waals surface area contributed by atoms with Crippen molar-refractivity contribution in [1.29, 1.82) is 0 Å². The number of ether oxygens (including phenoxy) is 1. The molecule has 4 aromatic rings. The molecule has 38 heavy (non-hydrogen) atoms. The van der Waals surface area contributed by atoms with Crippen LogP contribution in [-0.4, -0.2) is 39.2 Å². The molecule has 0 saturated carbocycles. The van der Waals surface area contributed by atoms with Crippen molar-refractivity contribution in [3.63, 3.8) is 0 Å². The van der Waals surface area contributed by atoms with E-state index in [1.165, 1.54) is 17.3 Å². The average molecular weight is 593 g/mol. The van der Waals surface area contributed by atoms with E-state index in [0.717, 1.165) is 27.0 Å². The lowest BCUT2D eigenvalue weighted by Gasteiger charge is -2.19. The highest BCUT2D eigenvalue weighted by atomic mass is 79.9. The van der Waals surface area contributed by atoms with Crippen LogP contribution in [0.2, 0.25) is 0 Å². The molecule has 0 aliphatic rings. The number of benzene rings is 3. The van der Waals surface area contributed by atoms with Crippen molar-refractivity contribution in [2.24, 2.45) is 5.10 Å². The van der Waals surface area contributed by atoms with Crippen LogP contribution in [0.15, 0.2) is 87.5 Å². The Morgan fingerprint density at radius 2 is 1.76 bits per heavy atom. The Kier molecular flexibility index (Phi) is 8.69. The number of hydrazone groups is 1. The molecule has 7 nitrogen and oxygen atoms in total. The van der Waals surface area contributed by atoms with Gasteiger partial charge in [-0.2, -0.15) is 5.10 Å². The molecule has 0 spiro atoms. The number of methoxy groups -OCH3 is 1. The monoisotopic (exact) mass is 591 g/mol. The molecule has 1 N–H and O–H groups in total. The first-order valence-corrected chi connectivity index (χ1v) is 13.9. The Hall–Kier alpha value is -3.43. The van der Waals surface area contributed by atoms with E-state index in [1.807, 2.05) is 60.0 Å². The molecule has 0 saturated heterocycles. The third-order valence-corrected chi connectivity index (χ3v) is 7.32. The molecule has 0 aliphatic carbocycles. The summed E-state index contributed by atoms with van der Waals surface area (Å²) in [4.78, 5) is 12.6. The summed E-state index contributed by atoms with van der Waals surface area (Å²) in [6.45, 7) is 8.41. The molecule has 3 aromatic carbocycles. The average Bonchev–Trinajstić information content (AvgIpc) is 3.34. The molecule has 0 unspecified atom stereocenters. The minimum Gasteiger partial charge on any atom is -0.497 e. The first-order valence-electron chi connectivity index (χ1n) is 12.1. The van der Waals surface area contributed by atoms with Gasteiger partial charge < -0.3 is 4.74 Å². The van der Waals surface area contributed by atoms with Crippen molar-refractivity contribution in [3.05, 3.63) is 88.4 Å². The molecule has 1 heterocycles. The predicted molar refractivity (Wildman–Crippen MR) is 157 cm³/mol. The molecule has 1 aromatic heterocycles. The summed E-state index contributed by atoms with van der Waals surface area (Å²) in [6, 6.07) is 23.8. The first kappa shape index (κ1) is 27.6. The number of nitrogens with one attached hydrogen (secondary N) is 1. The topological polar surface area (TPSA) is 81.4 Å². The van der Waals surface area contributed by atoms with Crippen molar-refractivity contribution in [1.82, 2.24) is 20.2 Å². The minimum atomic E-state index is -0.232. The molecule has 1 amide bonds. The van der Waals surface area contributed by atoms with Crippen molar-refractivity contribution in [2.75, 3.05) is 12.9 Å². The second kappa shape index (κ2) is 12.0. The number of carbonyl (C=O) groups excluding carboxylic acids is 1. The lowest BCUT2D eigenvalue weighted by molar-refractivity contribution is -0.118. The van der Waals surface area contributed by atoms with Crippen LogP contribution in [0.5, 0.6) is 5.75 Å². The Balaban J connectivity index is 1.57. The first-order chi connectivity index (χ1) is 18.2. The molecular weight excluding hydrogens is 562 g/mol. The fraction of sp³-hybridized carbons (Fsp3) is 0.241. The number of thioether (sulfide) groups is 1. The molecule has 0 fully saturated rings. The second-order valence-corrected chi connectivity index (χ2v) is 11.6. The number of hydrogen-bond donors (Lipinski definition) is 1. The Bertz CT molecular complexity index is 1440. The minimum absolute atomic E-state index is 0.0500. The highest BCUT2D eigenvalue weighted by Crippen LogP contribution is 2.30. The molecule has 0 radical (unpaired) electrons. The number of amides is 1. The molecular formula is C29H30BrN5O2S. The molecule has 0 bridgehead atoms. The van der Waals surface area contributed by atoms with Gasteiger partial charge in [0.15, 0.2) is 11.0 Å². The van der Waals surface area contributed by atoms with E-state index in [4.69, 9.17) is 4.74 Å². The molecule has 0 atom stereocenters. The van der Waals surface area contributed by atoms with Crippen molar-refractivity contribution in [2.45, 2.75) is 38.3 Å². The van der Waals surface area contributed by atoms with E-state index >= 15 is 0 Å².